The van der Waals surface area contributed by atoms with Crippen molar-refractivity contribution in [2.75, 3.05) is 26.8 Å². The molecule has 0 saturated carbocycles. The lowest BCUT2D eigenvalue weighted by Crippen LogP contribution is -2.40. The fourth-order valence-electron chi connectivity index (χ4n) is 1.69. The highest BCUT2D eigenvalue weighted by Gasteiger charge is 2.27. The summed E-state index contributed by atoms with van der Waals surface area (Å²) < 4.78 is 5.05. The van der Waals surface area contributed by atoms with E-state index in [-0.39, 0.29) is 11.9 Å². The number of hydrogen-bond acceptors (Lipinski definition) is 3. The molecule has 1 rings (SSSR count). The van der Waals surface area contributed by atoms with Crippen LogP contribution in [0.4, 0.5) is 0 Å². The van der Waals surface area contributed by atoms with E-state index in [1.165, 1.54) is 0 Å². The third-order valence-corrected chi connectivity index (χ3v) is 2.39. The fourth-order valence-corrected chi connectivity index (χ4v) is 1.69. The van der Waals surface area contributed by atoms with Crippen LogP contribution in [-0.2, 0) is 9.53 Å². The van der Waals surface area contributed by atoms with E-state index in [0.29, 0.717) is 5.92 Å². The molecule has 4 nitrogen and oxygen atoms in total. The average molecular weight is 186 g/mol. The predicted molar refractivity (Wildman–Crippen MR) is 50.2 cm³/mol. The molecule has 2 atom stereocenters. The van der Waals surface area contributed by atoms with Crippen LogP contribution in [0, 0.1) is 5.92 Å². The van der Waals surface area contributed by atoms with Gasteiger partial charge in [0.25, 0.3) is 0 Å². The van der Waals surface area contributed by atoms with Crippen molar-refractivity contribution in [3.8, 4) is 0 Å². The van der Waals surface area contributed by atoms with E-state index in [2.05, 4.69) is 0 Å². The molecule has 0 radical (unpaired) electrons. The molecule has 1 heterocycles. The van der Waals surface area contributed by atoms with Gasteiger partial charge in [0.1, 0.15) is 0 Å². The Kier molecular flexibility index (Phi) is 3.69. The second-order valence-corrected chi connectivity index (χ2v) is 3.68. The van der Waals surface area contributed by atoms with Crippen LogP contribution in [0.5, 0.6) is 0 Å². The third-order valence-electron chi connectivity index (χ3n) is 2.39. The summed E-state index contributed by atoms with van der Waals surface area (Å²) in [7, 11) is 1.69. The largest absolute Gasteiger partial charge is 0.384 e. The van der Waals surface area contributed by atoms with Crippen molar-refractivity contribution in [2.45, 2.75) is 19.4 Å². The van der Waals surface area contributed by atoms with E-state index >= 15 is 0 Å². The lowest BCUT2D eigenvalue weighted by Gasteiger charge is -2.18. The molecule has 0 bridgehead atoms. The Morgan fingerprint density at radius 2 is 2.46 bits per heavy atom. The van der Waals surface area contributed by atoms with Gasteiger partial charge in [-0.15, -0.1) is 0 Å². The molecular formula is C9H18N2O2. The normalized spacial score (nSPS) is 24.8. The summed E-state index contributed by atoms with van der Waals surface area (Å²) >= 11 is 0. The van der Waals surface area contributed by atoms with Crippen molar-refractivity contribution in [1.29, 1.82) is 0 Å². The molecule has 4 heteroatoms. The maximum Gasteiger partial charge on any atom is 0.239 e. The maximum absolute atomic E-state index is 11.5. The molecule has 1 fully saturated rings. The van der Waals surface area contributed by atoms with E-state index in [9.17, 15) is 4.79 Å². The lowest BCUT2D eigenvalue weighted by molar-refractivity contribution is -0.131. The highest BCUT2D eigenvalue weighted by molar-refractivity contribution is 5.81. The minimum atomic E-state index is -0.374. The molecule has 1 saturated heterocycles. The van der Waals surface area contributed by atoms with Crippen molar-refractivity contribution in [3.63, 3.8) is 0 Å². The zero-order valence-corrected chi connectivity index (χ0v) is 8.32. The van der Waals surface area contributed by atoms with Gasteiger partial charge in [-0.1, -0.05) is 0 Å². The highest BCUT2D eigenvalue weighted by Crippen LogP contribution is 2.16. The van der Waals surface area contributed by atoms with E-state index in [0.717, 1.165) is 26.1 Å². The van der Waals surface area contributed by atoms with Gasteiger partial charge in [0.2, 0.25) is 5.91 Å². The number of hydrogen-bond donors (Lipinski definition) is 1. The Morgan fingerprint density at radius 1 is 1.77 bits per heavy atom. The van der Waals surface area contributed by atoms with Gasteiger partial charge in [0.05, 0.1) is 12.6 Å². The number of amides is 1. The van der Waals surface area contributed by atoms with Crippen molar-refractivity contribution < 1.29 is 9.53 Å². The topological polar surface area (TPSA) is 55.6 Å². The summed E-state index contributed by atoms with van der Waals surface area (Å²) in [5, 5.41) is 0. The van der Waals surface area contributed by atoms with Gasteiger partial charge >= 0.3 is 0 Å². The van der Waals surface area contributed by atoms with E-state index < -0.39 is 0 Å². The standard InChI is InChI=1S/C9H18N2O2/c1-7(10)9(12)11-4-3-8(5-11)6-13-2/h7-8H,3-6,10H2,1-2H3/t7-,8?/m1/s1. The zero-order chi connectivity index (χ0) is 9.84. The molecule has 13 heavy (non-hydrogen) atoms. The molecule has 76 valence electrons. The zero-order valence-electron chi connectivity index (χ0n) is 8.32. The van der Waals surface area contributed by atoms with Crippen LogP contribution in [-0.4, -0.2) is 43.7 Å². The summed E-state index contributed by atoms with van der Waals surface area (Å²) in [4.78, 5) is 13.3. The Hall–Kier alpha value is -0.610. The molecular weight excluding hydrogens is 168 g/mol. The summed E-state index contributed by atoms with van der Waals surface area (Å²) in [6.07, 6.45) is 1.03. The van der Waals surface area contributed by atoms with E-state index in [1.54, 1.807) is 14.0 Å². The summed E-state index contributed by atoms with van der Waals surface area (Å²) in [5.74, 6) is 0.548. The first-order valence-corrected chi connectivity index (χ1v) is 4.68. The lowest BCUT2D eigenvalue weighted by atomic mass is 10.1. The van der Waals surface area contributed by atoms with Gasteiger partial charge in [-0.05, 0) is 13.3 Å². The van der Waals surface area contributed by atoms with Crippen molar-refractivity contribution in [3.05, 3.63) is 0 Å². The smallest absolute Gasteiger partial charge is 0.239 e. The van der Waals surface area contributed by atoms with Crippen LogP contribution < -0.4 is 5.73 Å². The number of carbonyl (C=O) groups excluding carboxylic acids is 1. The first-order valence-electron chi connectivity index (χ1n) is 4.68. The second kappa shape index (κ2) is 4.58. The van der Waals surface area contributed by atoms with Crippen LogP contribution in [0.3, 0.4) is 0 Å². The summed E-state index contributed by atoms with van der Waals surface area (Å²) in [5.41, 5.74) is 5.51. The van der Waals surface area contributed by atoms with Gasteiger partial charge in [-0.3, -0.25) is 4.79 Å². The first-order chi connectivity index (χ1) is 6.15. The molecule has 1 unspecified atom stereocenters. The third kappa shape index (κ3) is 2.67. The molecule has 1 aliphatic heterocycles. The summed E-state index contributed by atoms with van der Waals surface area (Å²) in [6.45, 7) is 4.09. The second-order valence-electron chi connectivity index (χ2n) is 3.68. The molecule has 0 aromatic rings. The van der Waals surface area contributed by atoms with E-state index in [4.69, 9.17) is 10.5 Å². The molecule has 0 spiro atoms. The van der Waals surface area contributed by atoms with E-state index in [1.807, 2.05) is 4.90 Å². The van der Waals surface area contributed by atoms with Crippen LogP contribution in [0.25, 0.3) is 0 Å². The number of carbonyl (C=O) groups is 1. The van der Waals surface area contributed by atoms with Crippen molar-refractivity contribution >= 4 is 5.91 Å². The maximum atomic E-state index is 11.5. The minimum absolute atomic E-state index is 0.0543. The number of ether oxygens (including phenoxy) is 1. The molecule has 0 aliphatic carbocycles. The molecule has 0 aromatic carbocycles. The number of methoxy groups -OCH3 is 1. The highest BCUT2D eigenvalue weighted by atomic mass is 16.5. The number of likely N-dealkylation sites (tertiary alicyclic amines) is 1. The quantitative estimate of drug-likeness (QED) is 0.665. The van der Waals surface area contributed by atoms with Crippen LogP contribution in [0.1, 0.15) is 13.3 Å². The number of nitrogens with two attached hydrogens (primary N) is 1. The first kappa shape index (κ1) is 10.5. The minimum Gasteiger partial charge on any atom is -0.384 e. The number of rotatable bonds is 3. The molecule has 1 aliphatic rings. The van der Waals surface area contributed by atoms with Gasteiger partial charge in [-0.2, -0.15) is 0 Å². The van der Waals surface area contributed by atoms with Gasteiger partial charge in [-0.25, -0.2) is 0 Å². The average Bonchev–Trinajstić information content (AvgIpc) is 2.52. The Bertz CT molecular complexity index is 182. The fraction of sp³-hybridized carbons (Fsp3) is 0.889. The SMILES string of the molecule is COCC1CCN(C(=O)[C@@H](C)N)C1. The summed E-state index contributed by atoms with van der Waals surface area (Å²) in [6, 6.07) is -0.374. The molecule has 0 aromatic heterocycles. The van der Waals surface area contributed by atoms with Gasteiger partial charge in [0.15, 0.2) is 0 Å². The van der Waals surface area contributed by atoms with Gasteiger partial charge in [0, 0.05) is 26.1 Å². The van der Waals surface area contributed by atoms with Crippen molar-refractivity contribution in [2.24, 2.45) is 11.7 Å². The Morgan fingerprint density at radius 3 is 3.00 bits per heavy atom. The number of nitrogens with zero attached hydrogens (tertiary/aromatic N) is 1. The molecule has 1 amide bonds. The Balaban J connectivity index is 2.36. The van der Waals surface area contributed by atoms with Crippen LogP contribution in [0.2, 0.25) is 0 Å². The van der Waals surface area contributed by atoms with Crippen LogP contribution >= 0.6 is 0 Å². The van der Waals surface area contributed by atoms with Crippen molar-refractivity contribution in [1.82, 2.24) is 4.90 Å². The molecule has 2 N–H and O–H groups in total. The van der Waals surface area contributed by atoms with Crippen LogP contribution in [0.15, 0.2) is 0 Å². The predicted octanol–water partition coefficient (Wildman–Crippen LogP) is -0.171. The Labute approximate surface area is 79.0 Å². The monoisotopic (exact) mass is 186 g/mol. The van der Waals surface area contributed by atoms with Gasteiger partial charge < -0.3 is 15.4 Å².